The molecule has 1 N–H and O–H groups in total. The fraction of sp³-hybridized carbons (Fsp3) is 0.296. The van der Waals surface area contributed by atoms with Crippen molar-refractivity contribution in [3.8, 4) is 11.5 Å². The first-order valence-corrected chi connectivity index (χ1v) is 14.3. The van der Waals surface area contributed by atoms with E-state index in [0.29, 0.717) is 18.0 Å². The summed E-state index contributed by atoms with van der Waals surface area (Å²) in [4.78, 5) is 13.9. The van der Waals surface area contributed by atoms with Crippen molar-refractivity contribution in [3.63, 3.8) is 0 Å². The van der Waals surface area contributed by atoms with Gasteiger partial charge >= 0.3 is 0 Å². The first-order chi connectivity index (χ1) is 17.2. The zero-order valence-corrected chi connectivity index (χ0v) is 22.6. The molecule has 0 bridgehead atoms. The van der Waals surface area contributed by atoms with Crippen molar-refractivity contribution in [2.75, 3.05) is 36.9 Å². The van der Waals surface area contributed by atoms with Crippen LogP contribution in [-0.4, -0.2) is 46.9 Å². The van der Waals surface area contributed by atoms with E-state index in [1.165, 1.54) is 11.8 Å². The number of carbonyl (C=O) groups is 1. The van der Waals surface area contributed by atoms with Crippen LogP contribution in [0.1, 0.15) is 18.1 Å². The maximum Gasteiger partial charge on any atom is 0.264 e. The topological polar surface area (TPSA) is 84.9 Å². The SMILES string of the molecule is CCOc1ccc(N(CC(=O)NCCOc2ccc(C)cc2C)S(=O)(=O)c2ccc(SC)cc2)cc1. The first kappa shape index (κ1) is 27.4. The van der Waals surface area contributed by atoms with Crippen molar-refractivity contribution in [2.24, 2.45) is 0 Å². The number of nitrogens with zero attached hydrogens (tertiary/aromatic N) is 1. The third-order valence-electron chi connectivity index (χ3n) is 5.38. The number of anilines is 1. The van der Waals surface area contributed by atoms with E-state index in [2.05, 4.69) is 5.32 Å². The summed E-state index contributed by atoms with van der Waals surface area (Å²) in [5.74, 6) is 0.940. The van der Waals surface area contributed by atoms with Gasteiger partial charge < -0.3 is 14.8 Å². The Hall–Kier alpha value is -3.17. The minimum atomic E-state index is -3.99. The Kier molecular flexibility index (Phi) is 9.66. The molecule has 192 valence electrons. The van der Waals surface area contributed by atoms with E-state index in [-0.39, 0.29) is 24.6 Å². The Morgan fingerprint density at radius 3 is 2.28 bits per heavy atom. The summed E-state index contributed by atoms with van der Waals surface area (Å²) < 4.78 is 39.4. The Bertz CT molecular complexity index is 1260. The lowest BCUT2D eigenvalue weighted by molar-refractivity contribution is -0.119. The monoisotopic (exact) mass is 528 g/mol. The Morgan fingerprint density at radius 1 is 0.972 bits per heavy atom. The zero-order chi connectivity index (χ0) is 26.1. The highest BCUT2D eigenvalue weighted by atomic mass is 32.2. The van der Waals surface area contributed by atoms with Gasteiger partial charge in [-0.3, -0.25) is 9.10 Å². The van der Waals surface area contributed by atoms with E-state index in [0.717, 1.165) is 26.1 Å². The summed E-state index contributed by atoms with van der Waals surface area (Å²) >= 11 is 1.52. The number of carbonyl (C=O) groups excluding carboxylic acids is 1. The second-order valence-corrected chi connectivity index (χ2v) is 10.8. The average Bonchev–Trinajstić information content (AvgIpc) is 2.87. The molecule has 0 aliphatic rings. The fourth-order valence-corrected chi connectivity index (χ4v) is 5.39. The number of rotatable bonds is 12. The second kappa shape index (κ2) is 12.7. The molecule has 0 saturated heterocycles. The quantitative estimate of drug-likeness (QED) is 0.268. The number of hydrogen-bond donors (Lipinski definition) is 1. The minimum Gasteiger partial charge on any atom is -0.494 e. The fourth-order valence-electron chi connectivity index (χ4n) is 3.56. The minimum absolute atomic E-state index is 0.111. The van der Waals surface area contributed by atoms with Crippen LogP contribution in [-0.2, 0) is 14.8 Å². The molecule has 1 amide bonds. The Balaban J connectivity index is 1.73. The van der Waals surface area contributed by atoms with Crippen LogP contribution in [0.5, 0.6) is 11.5 Å². The van der Waals surface area contributed by atoms with Crippen molar-refractivity contribution in [3.05, 3.63) is 77.9 Å². The lowest BCUT2D eigenvalue weighted by Crippen LogP contribution is -2.41. The van der Waals surface area contributed by atoms with Gasteiger partial charge in [-0.25, -0.2) is 8.42 Å². The van der Waals surface area contributed by atoms with Crippen LogP contribution >= 0.6 is 11.8 Å². The standard InChI is InChI=1S/C27H32N2O5S2/c1-5-33-23-9-7-22(8-10-23)29(36(31,32)25-13-11-24(35-4)12-14-25)19-27(30)28-16-17-34-26-15-6-20(2)18-21(26)3/h6-15,18H,5,16-17,19H2,1-4H3,(H,28,30). The summed E-state index contributed by atoms with van der Waals surface area (Å²) in [5, 5.41) is 2.76. The molecule has 0 unspecified atom stereocenters. The predicted molar refractivity (Wildman–Crippen MR) is 145 cm³/mol. The molecule has 9 heteroatoms. The van der Waals surface area contributed by atoms with E-state index in [1.54, 1.807) is 48.5 Å². The van der Waals surface area contributed by atoms with Crippen LogP contribution in [0.3, 0.4) is 0 Å². The zero-order valence-electron chi connectivity index (χ0n) is 21.0. The molecule has 7 nitrogen and oxygen atoms in total. The van der Waals surface area contributed by atoms with Gasteiger partial charge in [-0.05, 0) is 87.2 Å². The number of thioether (sulfide) groups is 1. The molecule has 0 radical (unpaired) electrons. The summed E-state index contributed by atoms with van der Waals surface area (Å²) in [5.41, 5.74) is 2.53. The van der Waals surface area contributed by atoms with Crippen molar-refractivity contribution < 1.29 is 22.7 Å². The molecular formula is C27H32N2O5S2. The molecule has 0 atom stereocenters. The molecule has 3 aromatic carbocycles. The maximum atomic E-state index is 13.5. The molecule has 36 heavy (non-hydrogen) atoms. The van der Waals surface area contributed by atoms with Gasteiger partial charge in [0.05, 0.1) is 23.7 Å². The third kappa shape index (κ3) is 7.18. The van der Waals surface area contributed by atoms with Gasteiger partial charge in [-0.2, -0.15) is 0 Å². The number of nitrogens with one attached hydrogen (secondary N) is 1. The van der Waals surface area contributed by atoms with Gasteiger partial charge in [0, 0.05) is 4.90 Å². The number of ether oxygens (including phenoxy) is 2. The second-order valence-electron chi connectivity index (χ2n) is 8.08. The number of sulfonamides is 1. The molecule has 0 aliphatic carbocycles. The molecular weight excluding hydrogens is 496 g/mol. The summed E-state index contributed by atoms with van der Waals surface area (Å²) in [6.07, 6.45) is 1.92. The van der Waals surface area contributed by atoms with Gasteiger partial charge in [0.1, 0.15) is 24.7 Å². The van der Waals surface area contributed by atoms with E-state index in [1.807, 2.05) is 45.2 Å². The summed E-state index contributed by atoms with van der Waals surface area (Å²) in [7, 11) is -3.99. The van der Waals surface area contributed by atoms with Gasteiger partial charge in [0.2, 0.25) is 5.91 Å². The van der Waals surface area contributed by atoms with Crippen molar-refractivity contribution >= 4 is 33.4 Å². The molecule has 3 aromatic rings. The lowest BCUT2D eigenvalue weighted by Gasteiger charge is -2.24. The number of benzene rings is 3. The van der Waals surface area contributed by atoms with Crippen LogP contribution in [0.2, 0.25) is 0 Å². The number of amides is 1. The predicted octanol–water partition coefficient (Wildman–Crippen LogP) is 4.81. The lowest BCUT2D eigenvalue weighted by atomic mass is 10.1. The van der Waals surface area contributed by atoms with Crippen molar-refractivity contribution in [1.29, 1.82) is 0 Å². The molecule has 0 aliphatic heterocycles. The molecule has 3 rings (SSSR count). The van der Waals surface area contributed by atoms with E-state index >= 15 is 0 Å². The van der Waals surface area contributed by atoms with E-state index < -0.39 is 15.9 Å². The maximum absolute atomic E-state index is 13.5. The first-order valence-electron chi connectivity index (χ1n) is 11.6. The Morgan fingerprint density at radius 2 is 1.67 bits per heavy atom. The smallest absolute Gasteiger partial charge is 0.264 e. The van der Waals surface area contributed by atoms with E-state index in [9.17, 15) is 13.2 Å². The molecule has 0 heterocycles. The highest BCUT2D eigenvalue weighted by molar-refractivity contribution is 7.98. The van der Waals surface area contributed by atoms with Gasteiger partial charge in [0.15, 0.2) is 0 Å². The van der Waals surface area contributed by atoms with Crippen molar-refractivity contribution in [1.82, 2.24) is 5.32 Å². The highest BCUT2D eigenvalue weighted by Gasteiger charge is 2.27. The normalized spacial score (nSPS) is 11.1. The van der Waals surface area contributed by atoms with Crippen LogP contribution in [0, 0.1) is 13.8 Å². The van der Waals surface area contributed by atoms with Gasteiger partial charge in [-0.15, -0.1) is 11.8 Å². The van der Waals surface area contributed by atoms with Gasteiger partial charge in [-0.1, -0.05) is 17.7 Å². The Labute approximate surface area is 217 Å². The van der Waals surface area contributed by atoms with Crippen LogP contribution in [0.15, 0.2) is 76.5 Å². The largest absolute Gasteiger partial charge is 0.494 e. The molecule has 0 fully saturated rings. The number of hydrogen-bond acceptors (Lipinski definition) is 6. The third-order valence-corrected chi connectivity index (χ3v) is 7.91. The number of aryl methyl sites for hydroxylation is 2. The molecule has 0 aromatic heterocycles. The van der Waals surface area contributed by atoms with Crippen LogP contribution in [0.4, 0.5) is 5.69 Å². The molecule has 0 saturated carbocycles. The van der Waals surface area contributed by atoms with Crippen molar-refractivity contribution in [2.45, 2.75) is 30.6 Å². The van der Waals surface area contributed by atoms with Crippen LogP contribution < -0.4 is 19.1 Å². The highest BCUT2D eigenvalue weighted by Crippen LogP contribution is 2.27. The average molecular weight is 529 g/mol. The molecule has 0 spiro atoms. The summed E-state index contributed by atoms with van der Waals surface area (Å²) in [6.45, 7) is 6.48. The van der Waals surface area contributed by atoms with E-state index in [4.69, 9.17) is 9.47 Å². The summed E-state index contributed by atoms with van der Waals surface area (Å²) in [6, 6.07) is 19.1. The van der Waals surface area contributed by atoms with Gasteiger partial charge in [0.25, 0.3) is 10.0 Å². The van der Waals surface area contributed by atoms with Crippen LogP contribution in [0.25, 0.3) is 0 Å².